The van der Waals surface area contributed by atoms with Crippen molar-refractivity contribution in [3.05, 3.63) is 76.3 Å². The Labute approximate surface area is 131 Å². The molecule has 0 unspecified atom stereocenters. The van der Waals surface area contributed by atoms with Crippen molar-refractivity contribution in [3.8, 4) is 0 Å². The maximum absolute atomic E-state index is 12.3. The van der Waals surface area contributed by atoms with Gasteiger partial charge in [-0.2, -0.15) is 0 Å². The molecule has 3 rings (SSSR count). The lowest BCUT2D eigenvalue weighted by Gasteiger charge is -2.06. The minimum absolute atomic E-state index is 0.0515. The van der Waals surface area contributed by atoms with Gasteiger partial charge in [-0.05, 0) is 43.3 Å². The van der Waals surface area contributed by atoms with Crippen molar-refractivity contribution in [1.82, 2.24) is 9.38 Å². The molecule has 3 aromatic rings. The number of carbonyl (C=O) groups excluding carboxylic acids is 2. The van der Waals surface area contributed by atoms with Gasteiger partial charge in [0.2, 0.25) is 0 Å². The first-order chi connectivity index (χ1) is 11.1. The number of nitrogens with one attached hydrogen (secondary N) is 1. The summed E-state index contributed by atoms with van der Waals surface area (Å²) in [6, 6.07) is 11.6. The number of ketones is 1. The number of anilines is 1. The first-order valence-electron chi connectivity index (χ1n) is 6.95. The van der Waals surface area contributed by atoms with Crippen LogP contribution in [0.25, 0.3) is 5.65 Å². The molecule has 0 aliphatic carbocycles. The van der Waals surface area contributed by atoms with Crippen LogP contribution in [0.5, 0.6) is 0 Å². The van der Waals surface area contributed by atoms with Crippen molar-refractivity contribution in [2.75, 3.05) is 5.32 Å². The van der Waals surface area contributed by atoms with Crippen LogP contribution in [0, 0.1) is 0 Å². The van der Waals surface area contributed by atoms with E-state index in [0.717, 1.165) is 0 Å². The minimum Gasteiger partial charge on any atom is -0.322 e. The average Bonchev–Trinajstić information content (AvgIpc) is 2.56. The zero-order chi connectivity index (χ0) is 16.4. The summed E-state index contributed by atoms with van der Waals surface area (Å²) in [7, 11) is 0. The molecule has 1 N–H and O–H groups in total. The Kier molecular flexibility index (Phi) is 3.72. The first-order valence-corrected chi connectivity index (χ1v) is 6.95. The number of carbonyl (C=O) groups is 2. The van der Waals surface area contributed by atoms with E-state index >= 15 is 0 Å². The van der Waals surface area contributed by atoms with Crippen molar-refractivity contribution >= 4 is 23.0 Å². The molecule has 0 saturated heterocycles. The van der Waals surface area contributed by atoms with E-state index in [-0.39, 0.29) is 11.3 Å². The molecule has 114 valence electrons. The van der Waals surface area contributed by atoms with Gasteiger partial charge in [-0.1, -0.05) is 6.07 Å². The standard InChI is InChI=1S/C17H13N3O3/c1-11(21)12-5-7-13(8-6-12)19-16(22)14-10-18-15-4-2-3-9-20(15)17(14)23/h2-10H,1H3,(H,19,22). The third-order valence-corrected chi connectivity index (χ3v) is 3.41. The van der Waals surface area contributed by atoms with Crippen LogP contribution in [-0.2, 0) is 0 Å². The highest BCUT2D eigenvalue weighted by Crippen LogP contribution is 2.11. The van der Waals surface area contributed by atoms with Gasteiger partial charge in [0, 0.05) is 23.6 Å². The van der Waals surface area contributed by atoms with Crippen LogP contribution in [0.2, 0.25) is 0 Å². The molecule has 0 saturated carbocycles. The van der Waals surface area contributed by atoms with Gasteiger partial charge in [-0.15, -0.1) is 0 Å². The quantitative estimate of drug-likeness (QED) is 0.752. The summed E-state index contributed by atoms with van der Waals surface area (Å²) in [5, 5.41) is 2.63. The van der Waals surface area contributed by atoms with Crippen LogP contribution < -0.4 is 10.9 Å². The zero-order valence-electron chi connectivity index (χ0n) is 12.3. The molecule has 0 fully saturated rings. The second-order valence-electron chi connectivity index (χ2n) is 4.99. The lowest BCUT2D eigenvalue weighted by molar-refractivity contribution is 0.101. The topological polar surface area (TPSA) is 80.5 Å². The number of aromatic nitrogens is 2. The van der Waals surface area contributed by atoms with Crippen LogP contribution in [-0.4, -0.2) is 21.1 Å². The predicted octanol–water partition coefficient (Wildman–Crippen LogP) is 2.15. The van der Waals surface area contributed by atoms with E-state index in [9.17, 15) is 14.4 Å². The summed E-state index contributed by atoms with van der Waals surface area (Å²) in [5.41, 5.74) is 1.03. The zero-order valence-corrected chi connectivity index (χ0v) is 12.3. The third kappa shape index (κ3) is 2.87. The van der Waals surface area contributed by atoms with E-state index in [0.29, 0.717) is 16.9 Å². The fraction of sp³-hybridized carbons (Fsp3) is 0.0588. The number of benzene rings is 1. The SMILES string of the molecule is CC(=O)c1ccc(NC(=O)c2cnc3ccccn3c2=O)cc1. The highest BCUT2D eigenvalue weighted by Gasteiger charge is 2.13. The van der Waals surface area contributed by atoms with Crippen molar-refractivity contribution in [3.63, 3.8) is 0 Å². The van der Waals surface area contributed by atoms with Crippen LogP contribution >= 0.6 is 0 Å². The van der Waals surface area contributed by atoms with Crippen molar-refractivity contribution in [1.29, 1.82) is 0 Å². The van der Waals surface area contributed by atoms with E-state index in [1.807, 2.05) is 0 Å². The Hall–Kier alpha value is -3.28. The fourth-order valence-corrected chi connectivity index (χ4v) is 2.17. The molecule has 0 spiro atoms. The molecule has 2 aromatic heterocycles. The number of amides is 1. The van der Waals surface area contributed by atoms with Crippen LogP contribution in [0.3, 0.4) is 0 Å². The highest BCUT2D eigenvalue weighted by molar-refractivity contribution is 6.04. The van der Waals surface area contributed by atoms with Crippen molar-refractivity contribution in [2.45, 2.75) is 6.92 Å². The molecule has 0 atom stereocenters. The van der Waals surface area contributed by atoms with E-state index in [2.05, 4.69) is 10.3 Å². The van der Waals surface area contributed by atoms with E-state index in [1.54, 1.807) is 48.7 Å². The van der Waals surface area contributed by atoms with Crippen molar-refractivity contribution in [2.24, 2.45) is 0 Å². The summed E-state index contributed by atoms with van der Waals surface area (Å²) in [5.74, 6) is -0.601. The van der Waals surface area contributed by atoms with Gasteiger partial charge in [-0.25, -0.2) is 4.98 Å². The van der Waals surface area contributed by atoms with Gasteiger partial charge in [-0.3, -0.25) is 18.8 Å². The number of rotatable bonds is 3. The normalized spacial score (nSPS) is 10.5. The summed E-state index contributed by atoms with van der Waals surface area (Å²) in [6.07, 6.45) is 2.82. The molecule has 6 nitrogen and oxygen atoms in total. The Bertz CT molecular complexity index is 959. The summed E-state index contributed by atoms with van der Waals surface area (Å²) in [6.45, 7) is 1.47. The van der Waals surface area contributed by atoms with Gasteiger partial charge in [0.25, 0.3) is 11.5 Å². The predicted molar refractivity (Wildman–Crippen MR) is 85.9 cm³/mol. The summed E-state index contributed by atoms with van der Waals surface area (Å²) < 4.78 is 1.31. The molecule has 1 aromatic carbocycles. The Morgan fingerprint density at radius 3 is 2.52 bits per heavy atom. The smallest absolute Gasteiger partial charge is 0.270 e. The second kappa shape index (κ2) is 5.84. The van der Waals surface area contributed by atoms with Gasteiger partial charge < -0.3 is 5.32 Å². The molecule has 1 amide bonds. The number of pyridine rings is 1. The minimum atomic E-state index is -0.545. The lowest BCUT2D eigenvalue weighted by atomic mass is 10.1. The first kappa shape index (κ1) is 14.6. The summed E-state index contributed by atoms with van der Waals surface area (Å²) >= 11 is 0. The van der Waals surface area contributed by atoms with E-state index in [4.69, 9.17) is 0 Å². The molecule has 0 bridgehead atoms. The third-order valence-electron chi connectivity index (χ3n) is 3.41. The van der Waals surface area contributed by atoms with E-state index < -0.39 is 11.5 Å². The second-order valence-corrected chi connectivity index (χ2v) is 4.99. The number of Topliss-reactive ketones (excluding diaryl/α,β-unsaturated/α-hetero) is 1. The number of hydrogen-bond acceptors (Lipinski definition) is 4. The molecular weight excluding hydrogens is 294 g/mol. The lowest BCUT2D eigenvalue weighted by Crippen LogP contribution is -2.26. The van der Waals surface area contributed by atoms with E-state index in [1.165, 1.54) is 17.5 Å². The molecular formula is C17H13N3O3. The Balaban J connectivity index is 1.90. The fourth-order valence-electron chi connectivity index (χ4n) is 2.17. The number of fused-ring (bicyclic) bond motifs is 1. The molecule has 23 heavy (non-hydrogen) atoms. The number of hydrogen-bond donors (Lipinski definition) is 1. The molecule has 2 heterocycles. The molecule has 6 heteroatoms. The highest BCUT2D eigenvalue weighted by atomic mass is 16.2. The van der Waals surface area contributed by atoms with Gasteiger partial charge in [0.05, 0.1) is 0 Å². The van der Waals surface area contributed by atoms with Crippen LogP contribution in [0.15, 0.2) is 59.7 Å². The maximum Gasteiger partial charge on any atom is 0.270 e. The van der Waals surface area contributed by atoms with Crippen LogP contribution in [0.1, 0.15) is 27.6 Å². The monoisotopic (exact) mass is 307 g/mol. The van der Waals surface area contributed by atoms with Crippen LogP contribution in [0.4, 0.5) is 5.69 Å². The van der Waals surface area contributed by atoms with Gasteiger partial charge in [0.1, 0.15) is 11.2 Å². The molecule has 0 aliphatic heterocycles. The average molecular weight is 307 g/mol. The molecule has 0 radical (unpaired) electrons. The largest absolute Gasteiger partial charge is 0.322 e. The molecule has 0 aliphatic rings. The van der Waals surface area contributed by atoms with Gasteiger partial charge >= 0.3 is 0 Å². The maximum atomic E-state index is 12.3. The van der Waals surface area contributed by atoms with Gasteiger partial charge in [0.15, 0.2) is 5.78 Å². The Morgan fingerprint density at radius 1 is 1.09 bits per heavy atom. The van der Waals surface area contributed by atoms with Crippen molar-refractivity contribution < 1.29 is 9.59 Å². The Morgan fingerprint density at radius 2 is 1.83 bits per heavy atom. The number of nitrogens with zero attached hydrogens (tertiary/aromatic N) is 2. The summed E-state index contributed by atoms with van der Waals surface area (Å²) in [4.78, 5) is 39.9.